The number of benzene rings is 1. The van der Waals surface area contributed by atoms with Gasteiger partial charge in [-0.1, -0.05) is 18.2 Å². The zero-order valence-electron chi connectivity index (χ0n) is 14.8. The van der Waals surface area contributed by atoms with E-state index in [0.717, 1.165) is 0 Å². The van der Waals surface area contributed by atoms with Crippen molar-refractivity contribution in [3.63, 3.8) is 0 Å². The van der Waals surface area contributed by atoms with Gasteiger partial charge < -0.3 is 19.5 Å². The highest BCUT2D eigenvalue weighted by Crippen LogP contribution is 2.44. The molecular formula is C19H20FNO5. The van der Waals surface area contributed by atoms with Crippen LogP contribution in [0.25, 0.3) is 0 Å². The van der Waals surface area contributed by atoms with Crippen LogP contribution in [-0.4, -0.2) is 31.5 Å². The topological polar surface area (TPSA) is 73.9 Å². The van der Waals surface area contributed by atoms with Gasteiger partial charge in [0.25, 0.3) is 0 Å². The minimum absolute atomic E-state index is 0.0979. The van der Waals surface area contributed by atoms with Crippen LogP contribution in [0, 0.1) is 0 Å². The fraction of sp³-hybridized carbons (Fsp3) is 0.368. The number of hydrogen-bond acceptors (Lipinski definition) is 6. The monoisotopic (exact) mass is 361 g/mol. The minimum Gasteiger partial charge on any atom is -0.463 e. The highest BCUT2D eigenvalue weighted by Gasteiger charge is 2.43. The third kappa shape index (κ3) is 3.16. The molecule has 6 nitrogen and oxygen atoms in total. The maximum absolute atomic E-state index is 13.5. The molecule has 1 aromatic rings. The van der Waals surface area contributed by atoms with Crippen LogP contribution in [-0.2, 0) is 19.1 Å². The molecule has 138 valence electrons. The first kappa shape index (κ1) is 18.0. The van der Waals surface area contributed by atoms with Crippen LogP contribution in [0.1, 0.15) is 32.3 Å². The van der Waals surface area contributed by atoms with Gasteiger partial charge in [0, 0.05) is 18.2 Å². The molecule has 0 bridgehead atoms. The molecule has 1 unspecified atom stereocenters. The normalized spacial score (nSPS) is 20.3. The Bertz CT molecular complexity index is 812. The number of rotatable bonds is 5. The molecule has 1 N–H and O–H groups in total. The van der Waals surface area contributed by atoms with Gasteiger partial charge >= 0.3 is 11.9 Å². The summed E-state index contributed by atoms with van der Waals surface area (Å²) >= 11 is 0. The Morgan fingerprint density at radius 1 is 1.42 bits per heavy atom. The first-order valence-electron chi connectivity index (χ1n) is 8.38. The van der Waals surface area contributed by atoms with E-state index >= 15 is 0 Å². The molecule has 7 heteroatoms. The molecule has 0 saturated heterocycles. The second kappa shape index (κ2) is 7.19. The maximum atomic E-state index is 13.5. The van der Waals surface area contributed by atoms with E-state index in [4.69, 9.17) is 14.2 Å². The fourth-order valence-electron chi connectivity index (χ4n) is 3.26. The van der Waals surface area contributed by atoms with Crippen molar-refractivity contribution in [2.45, 2.75) is 33.0 Å². The summed E-state index contributed by atoms with van der Waals surface area (Å²) < 4.78 is 29.1. The van der Waals surface area contributed by atoms with Gasteiger partial charge in [0.1, 0.15) is 12.4 Å². The number of cyclic esters (lactones) is 1. The number of ether oxygens (including phenoxy) is 3. The van der Waals surface area contributed by atoms with Gasteiger partial charge in [-0.15, -0.1) is 0 Å². The molecule has 0 saturated carbocycles. The van der Waals surface area contributed by atoms with E-state index in [1.165, 1.54) is 6.92 Å². The first-order chi connectivity index (χ1) is 12.4. The number of halogens is 1. The van der Waals surface area contributed by atoms with Crippen LogP contribution in [0.3, 0.4) is 0 Å². The third-order valence-electron chi connectivity index (χ3n) is 4.23. The Hall–Kier alpha value is -2.83. The Morgan fingerprint density at radius 2 is 2.15 bits per heavy atom. The number of carbonyl (C=O) groups is 2. The Morgan fingerprint density at radius 3 is 2.85 bits per heavy atom. The van der Waals surface area contributed by atoms with Crippen LogP contribution >= 0.6 is 0 Å². The van der Waals surface area contributed by atoms with Crippen LogP contribution in [0.5, 0.6) is 5.75 Å². The smallest absolute Gasteiger partial charge is 0.337 e. The van der Waals surface area contributed by atoms with Crippen LogP contribution in [0.4, 0.5) is 4.39 Å². The quantitative estimate of drug-likeness (QED) is 0.813. The van der Waals surface area contributed by atoms with Crippen molar-refractivity contribution in [1.29, 1.82) is 0 Å². The number of alkyl halides is 1. The van der Waals surface area contributed by atoms with Gasteiger partial charge in [-0.05, 0) is 19.9 Å². The molecule has 3 rings (SSSR count). The van der Waals surface area contributed by atoms with E-state index < -0.39 is 24.2 Å². The highest BCUT2D eigenvalue weighted by atomic mass is 19.1. The van der Waals surface area contributed by atoms with E-state index in [9.17, 15) is 14.0 Å². The molecule has 2 heterocycles. The summed E-state index contributed by atoms with van der Waals surface area (Å²) in [7, 11) is 0. The van der Waals surface area contributed by atoms with Crippen molar-refractivity contribution >= 4 is 11.9 Å². The number of nitrogens with one attached hydrogen (secondary N) is 1. The van der Waals surface area contributed by atoms with Gasteiger partial charge in [0.15, 0.2) is 0 Å². The lowest BCUT2D eigenvalue weighted by atomic mass is 9.80. The zero-order chi connectivity index (χ0) is 18.8. The Balaban J connectivity index is 2.17. The molecule has 0 radical (unpaired) electrons. The zero-order valence-corrected chi connectivity index (χ0v) is 14.8. The lowest BCUT2D eigenvalue weighted by Gasteiger charge is -2.28. The summed E-state index contributed by atoms with van der Waals surface area (Å²) in [6.07, 6.45) is -1.54. The molecule has 2 atom stereocenters. The number of carbonyl (C=O) groups excluding carboxylic acids is 2. The standard InChI is InChI=1S/C19H20FNO5/c1-4-24-18(22)15-10(2)21-13-9-25-19(23)17(13)16(15)12-7-5-6-8-14(12)26-11(3)20/h5-8,11,16,21H,4,9H2,1-3H3/t11?,16-/m0/s1. The molecule has 0 aromatic heterocycles. The second-order valence-electron chi connectivity index (χ2n) is 5.98. The van der Waals surface area contributed by atoms with Gasteiger partial charge in [0.05, 0.1) is 29.4 Å². The molecule has 26 heavy (non-hydrogen) atoms. The first-order valence-corrected chi connectivity index (χ1v) is 8.38. The maximum Gasteiger partial charge on any atom is 0.337 e. The number of dihydropyridines is 1. The van der Waals surface area contributed by atoms with E-state index in [0.29, 0.717) is 22.5 Å². The average Bonchev–Trinajstić information content (AvgIpc) is 2.94. The van der Waals surface area contributed by atoms with Gasteiger partial charge in [-0.2, -0.15) is 0 Å². The summed E-state index contributed by atoms with van der Waals surface area (Å²) in [5.41, 5.74) is 2.27. The fourth-order valence-corrected chi connectivity index (χ4v) is 3.26. The number of hydrogen-bond donors (Lipinski definition) is 1. The van der Waals surface area contributed by atoms with Crippen LogP contribution < -0.4 is 10.1 Å². The Labute approximate surface area is 150 Å². The summed E-state index contributed by atoms with van der Waals surface area (Å²) in [5, 5.41) is 3.06. The van der Waals surface area contributed by atoms with Crippen molar-refractivity contribution in [3.05, 3.63) is 52.4 Å². The number of allylic oxidation sites excluding steroid dienone is 1. The van der Waals surface area contributed by atoms with E-state index in [-0.39, 0.29) is 24.5 Å². The second-order valence-corrected chi connectivity index (χ2v) is 5.98. The lowest BCUT2D eigenvalue weighted by Crippen LogP contribution is -2.30. The van der Waals surface area contributed by atoms with Crippen LogP contribution in [0.15, 0.2) is 46.8 Å². The van der Waals surface area contributed by atoms with Crippen molar-refractivity contribution in [2.24, 2.45) is 0 Å². The average molecular weight is 361 g/mol. The molecule has 0 fully saturated rings. The van der Waals surface area contributed by atoms with E-state index in [2.05, 4.69) is 5.32 Å². The lowest BCUT2D eigenvalue weighted by molar-refractivity contribution is -0.138. The van der Waals surface area contributed by atoms with Crippen molar-refractivity contribution in [2.75, 3.05) is 13.2 Å². The number of esters is 2. The predicted octanol–water partition coefficient (Wildman–Crippen LogP) is 2.72. The molecule has 0 amide bonds. The summed E-state index contributed by atoms with van der Waals surface area (Å²) in [5.74, 6) is -1.56. The van der Waals surface area contributed by atoms with Crippen molar-refractivity contribution in [3.8, 4) is 5.75 Å². The number of para-hydroxylation sites is 1. The Kier molecular flexibility index (Phi) is 4.97. The van der Waals surface area contributed by atoms with Crippen molar-refractivity contribution < 1.29 is 28.2 Å². The van der Waals surface area contributed by atoms with Crippen molar-refractivity contribution in [1.82, 2.24) is 5.32 Å². The van der Waals surface area contributed by atoms with Gasteiger partial charge in [-0.3, -0.25) is 0 Å². The minimum atomic E-state index is -1.54. The predicted molar refractivity (Wildman–Crippen MR) is 90.8 cm³/mol. The third-order valence-corrected chi connectivity index (χ3v) is 4.23. The summed E-state index contributed by atoms with van der Waals surface area (Å²) in [6.45, 7) is 4.99. The van der Waals surface area contributed by atoms with Crippen LogP contribution in [0.2, 0.25) is 0 Å². The molecule has 2 aliphatic rings. The van der Waals surface area contributed by atoms with Gasteiger partial charge in [-0.25, -0.2) is 14.0 Å². The highest BCUT2D eigenvalue weighted by molar-refractivity contribution is 6.01. The summed E-state index contributed by atoms with van der Waals surface area (Å²) in [4.78, 5) is 25.0. The largest absolute Gasteiger partial charge is 0.463 e. The summed E-state index contributed by atoms with van der Waals surface area (Å²) in [6, 6.07) is 6.75. The molecule has 0 spiro atoms. The SMILES string of the molecule is CCOC(=O)C1=C(C)NC2=C(C(=O)OC2)[C@H]1c1ccccc1OC(C)F. The molecular weight excluding hydrogens is 341 g/mol. The molecule has 0 aliphatic carbocycles. The van der Waals surface area contributed by atoms with E-state index in [1.807, 2.05) is 0 Å². The van der Waals surface area contributed by atoms with E-state index in [1.54, 1.807) is 38.1 Å². The molecule has 2 aliphatic heterocycles. The van der Waals surface area contributed by atoms with Gasteiger partial charge in [0.2, 0.25) is 6.36 Å². The molecule has 1 aromatic carbocycles.